The number of amides is 1. The summed E-state index contributed by atoms with van der Waals surface area (Å²) in [6.45, 7) is 2.69. The van der Waals surface area contributed by atoms with Crippen LogP contribution < -0.4 is 14.8 Å². The Morgan fingerprint density at radius 3 is 2.80 bits per heavy atom. The highest BCUT2D eigenvalue weighted by Gasteiger charge is 2.17. The Balaban J connectivity index is 1.90. The molecule has 0 saturated heterocycles. The van der Waals surface area contributed by atoms with Crippen LogP contribution in [-0.4, -0.2) is 19.1 Å². The number of nitriles is 1. The second-order valence-corrected chi connectivity index (χ2v) is 5.81. The number of nitrogens with one attached hydrogen (secondary N) is 1. The van der Waals surface area contributed by atoms with Crippen LogP contribution >= 0.6 is 11.6 Å². The summed E-state index contributed by atoms with van der Waals surface area (Å²) in [4.78, 5) is 12.5. The molecule has 0 aromatic heterocycles. The van der Waals surface area contributed by atoms with E-state index in [0.29, 0.717) is 41.0 Å². The van der Waals surface area contributed by atoms with Gasteiger partial charge in [-0.25, -0.2) is 0 Å². The number of carbonyl (C=O) groups excluding carboxylic acids is 1. The number of para-hydroxylation sites is 1. The van der Waals surface area contributed by atoms with Crippen LogP contribution in [0.5, 0.6) is 11.5 Å². The van der Waals surface area contributed by atoms with Gasteiger partial charge in [-0.3, -0.25) is 4.79 Å². The molecule has 2 aromatic rings. The topological polar surface area (TPSA) is 71.4 Å². The first-order valence-electron chi connectivity index (χ1n) is 7.67. The minimum atomic E-state index is -0.512. The van der Waals surface area contributed by atoms with Crippen LogP contribution in [0.2, 0.25) is 5.02 Å². The molecular formula is C19H15ClN2O3. The van der Waals surface area contributed by atoms with Crippen LogP contribution in [0.4, 0.5) is 5.69 Å². The van der Waals surface area contributed by atoms with E-state index in [9.17, 15) is 10.1 Å². The van der Waals surface area contributed by atoms with E-state index >= 15 is 0 Å². The quantitative estimate of drug-likeness (QED) is 0.668. The van der Waals surface area contributed by atoms with Gasteiger partial charge in [0.15, 0.2) is 11.5 Å². The van der Waals surface area contributed by atoms with Gasteiger partial charge in [-0.15, -0.1) is 0 Å². The molecule has 126 valence electrons. The van der Waals surface area contributed by atoms with Crippen LogP contribution in [-0.2, 0) is 4.79 Å². The fourth-order valence-electron chi connectivity index (χ4n) is 2.45. The second kappa shape index (κ2) is 7.29. The molecule has 0 atom stereocenters. The molecule has 5 nitrogen and oxygen atoms in total. The Hall–Kier alpha value is -2.97. The van der Waals surface area contributed by atoms with Gasteiger partial charge in [-0.2, -0.15) is 5.26 Å². The summed E-state index contributed by atoms with van der Waals surface area (Å²) in [5.41, 5.74) is 1.88. The number of rotatable bonds is 3. The molecule has 1 aliphatic rings. The number of fused-ring (bicyclic) bond motifs is 1. The second-order valence-electron chi connectivity index (χ2n) is 5.41. The minimum Gasteiger partial charge on any atom is -0.486 e. The molecule has 0 spiro atoms. The van der Waals surface area contributed by atoms with Crippen molar-refractivity contribution in [2.24, 2.45) is 0 Å². The fraction of sp³-hybridized carbons (Fsp3) is 0.158. The zero-order chi connectivity index (χ0) is 17.8. The van der Waals surface area contributed by atoms with Crippen molar-refractivity contribution in [1.82, 2.24) is 0 Å². The van der Waals surface area contributed by atoms with Crippen molar-refractivity contribution in [2.45, 2.75) is 6.92 Å². The molecule has 25 heavy (non-hydrogen) atoms. The summed E-state index contributed by atoms with van der Waals surface area (Å²) in [6.07, 6.45) is 1.49. The lowest BCUT2D eigenvalue weighted by Gasteiger charge is -2.19. The lowest BCUT2D eigenvalue weighted by Crippen LogP contribution is -2.16. The molecule has 1 aliphatic heterocycles. The van der Waals surface area contributed by atoms with Crippen LogP contribution in [0.3, 0.4) is 0 Å². The smallest absolute Gasteiger partial charge is 0.266 e. The molecule has 3 rings (SSSR count). The van der Waals surface area contributed by atoms with E-state index in [4.69, 9.17) is 21.1 Å². The first-order valence-corrected chi connectivity index (χ1v) is 8.05. The molecule has 0 bridgehead atoms. The van der Waals surface area contributed by atoms with E-state index in [1.54, 1.807) is 43.3 Å². The van der Waals surface area contributed by atoms with Crippen molar-refractivity contribution in [3.8, 4) is 17.6 Å². The van der Waals surface area contributed by atoms with Crippen molar-refractivity contribution >= 4 is 29.3 Å². The monoisotopic (exact) mass is 354 g/mol. The summed E-state index contributed by atoms with van der Waals surface area (Å²) < 4.78 is 11.1. The SMILES string of the molecule is Cc1c(Cl)cccc1NC(=O)/C(C#N)=C\c1cccc2c1OCCO2. The van der Waals surface area contributed by atoms with Gasteiger partial charge in [-0.1, -0.05) is 29.8 Å². The molecule has 1 amide bonds. The maximum atomic E-state index is 12.5. The normalized spacial score (nSPS) is 13.1. The molecule has 1 N–H and O–H groups in total. The third-order valence-corrected chi connectivity index (χ3v) is 4.19. The lowest BCUT2D eigenvalue weighted by molar-refractivity contribution is -0.112. The van der Waals surface area contributed by atoms with Crippen molar-refractivity contribution in [2.75, 3.05) is 18.5 Å². The Kier molecular flexibility index (Phi) is 4.92. The van der Waals surface area contributed by atoms with Gasteiger partial charge >= 0.3 is 0 Å². The highest BCUT2D eigenvalue weighted by molar-refractivity contribution is 6.31. The van der Waals surface area contributed by atoms with Gasteiger partial charge in [0, 0.05) is 16.3 Å². The highest BCUT2D eigenvalue weighted by atomic mass is 35.5. The van der Waals surface area contributed by atoms with Crippen molar-refractivity contribution in [3.63, 3.8) is 0 Å². The Morgan fingerprint density at radius 2 is 2.00 bits per heavy atom. The number of hydrogen-bond acceptors (Lipinski definition) is 4. The predicted molar refractivity (Wildman–Crippen MR) is 95.8 cm³/mol. The number of ether oxygens (including phenoxy) is 2. The van der Waals surface area contributed by atoms with Crippen molar-refractivity contribution in [1.29, 1.82) is 5.26 Å². The van der Waals surface area contributed by atoms with E-state index in [0.717, 1.165) is 5.56 Å². The highest BCUT2D eigenvalue weighted by Crippen LogP contribution is 2.35. The summed E-state index contributed by atoms with van der Waals surface area (Å²) in [6, 6.07) is 12.5. The predicted octanol–water partition coefficient (Wildman–Crippen LogP) is 3.97. The average molecular weight is 355 g/mol. The van der Waals surface area contributed by atoms with Crippen molar-refractivity contribution in [3.05, 3.63) is 58.1 Å². The zero-order valence-electron chi connectivity index (χ0n) is 13.5. The average Bonchev–Trinajstić information content (AvgIpc) is 2.63. The van der Waals surface area contributed by atoms with Gasteiger partial charge in [0.05, 0.1) is 0 Å². The van der Waals surface area contributed by atoms with Gasteiger partial charge in [0.2, 0.25) is 0 Å². The van der Waals surface area contributed by atoms with Crippen LogP contribution in [0.1, 0.15) is 11.1 Å². The maximum Gasteiger partial charge on any atom is 0.266 e. The Bertz CT molecular complexity index is 900. The van der Waals surface area contributed by atoms with Gasteiger partial charge in [-0.05, 0) is 36.8 Å². The van der Waals surface area contributed by atoms with E-state index in [1.807, 2.05) is 6.07 Å². The lowest BCUT2D eigenvalue weighted by atomic mass is 10.1. The standard InChI is InChI=1S/C19H15ClN2O3/c1-12-15(20)5-3-6-16(12)22-19(23)14(11-21)10-13-4-2-7-17-18(13)25-9-8-24-17/h2-7,10H,8-9H2,1H3,(H,22,23)/b14-10-. The minimum absolute atomic E-state index is 0.0399. The third-order valence-electron chi connectivity index (χ3n) is 3.78. The fourth-order valence-corrected chi connectivity index (χ4v) is 2.62. The van der Waals surface area contributed by atoms with Crippen LogP contribution in [0.25, 0.3) is 6.08 Å². The van der Waals surface area contributed by atoms with Crippen LogP contribution in [0, 0.1) is 18.3 Å². The number of nitrogens with zero attached hydrogens (tertiary/aromatic N) is 1. The summed E-state index contributed by atoms with van der Waals surface area (Å²) in [5.74, 6) is 0.624. The molecule has 0 fully saturated rings. The van der Waals surface area contributed by atoms with Crippen molar-refractivity contribution < 1.29 is 14.3 Å². The molecule has 0 saturated carbocycles. The molecule has 0 aliphatic carbocycles. The van der Waals surface area contributed by atoms with Gasteiger partial charge in [0.1, 0.15) is 24.9 Å². The molecule has 6 heteroatoms. The number of anilines is 1. The molecular weight excluding hydrogens is 340 g/mol. The summed E-state index contributed by atoms with van der Waals surface area (Å²) in [5, 5.41) is 12.6. The number of halogens is 1. The van der Waals surface area contributed by atoms with E-state index in [1.165, 1.54) is 6.08 Å². The first kappa shape index (κ1) is 16.9. The van der Waals surface area contributed by atoms with E-state index < -0.39 is 5.91 Å². The Morgan fingerprint density at radius 1 is 1.24 bits per heavy atom. The summed E-state index contributed by atoms with van der Waals surface area (Å²) in [7, 11) is 0. The Labute approximate surface area is 150 Å². The number of benzene rings is 2. The number of carbonyl (C=O) groups is 1. The molecule has 0 radical (unpaired) electrons. The number of hydrogen-bond donors (Lipinski definition) is 1. The van der Waals surface area contributed by atoms with E-state index in [-0.39, 0.29) is 5.57 Å². The van der Waals surface area contributed by atoms with Crippen LogP contribution in [0.15, 0.2) is 42.0 Å². The zero-order valence-corrected chi connectivity index (χ0v) is 14.3. The maximum absolute atomic E-state index is 12.5. The molecule has 1 heterocycles. The first-order chi connectivity index (χ1) is 12.1. The summed E-state index contributed by atoms with van der Waals surface area (Å²) >= 11 is 6.06. The van der Waals surface area contributed by atoms with Gasteiger partial charge in [0.25, 0.3) is 5.91 Å². The molecule has 0 unspecified atom stereocenters. The van der Waals surface area contributed by atoms with E-state index in [2.05, 4.69) is 5.32 Å². The molecule has 2 aromatic carbocycles. The largest absolute Gasteiger partial charge is 0.486 e. The third kappa shape index (κ3) is 3.59. The van der Waals surface area contributed by atoms with Gasteiger partial charge < -0.3 is 14.8 Å².